The highest BCUT2D eigenvalue weighted by atomic mass is 15.4. The molecular weight excluding hydrogens is 366 g/mol. The summed E-state index contributed by atoms with van der Waals surface area (Å²) in [5, 5.41) is 4.98. The molecule has 0 N–H and O–H groups in total. The Kier molecular flexibility index (Phi) is 9.68. The van der Waals surface area contributed by atoms with E-state index in [0.29, 0.717) is 0 Å². The Morgan fingerprint density at radius 1 is 1.07 bits per heavy atom. The van der Waals surface area contributed by atoms with Crippen molar-refractivity contribution in [2.45, 2.75) is 93.0 Å². The molecule has 1 aromatic carbocycles. The van der Waals surface area contributed by atoms with E-state index in [1.807, 2.05) is 0 Å². The minimum Gasteiger partial charge on any atom is -0.329 e. The number of hydrogen-bond donors (Lipinski definition) is 0. The summed E-state index contributed by atoms with van der Waals surface area (Å²) in [5.74, 6) is 1.88. The standard InChI is InChI=1S/C27H43N3/c1-8-10-13-21(3)14-11-12-17-29(24(6)9-2)27-19-25(7)30(28-27)20-26-18-22(4)15-16-23(26)5/h15-16,18-19,21H,6,8-14,17,20H2,1-5,7H3. The summed E-state index contributed by atoms with van der Waals surface area (Å²) >= 11 is 0. The van der Waals surface area contributed by atoms with E-state index in [4.69, 9.17) is 5.10 Å². The van der Waals surface area contributed by atoms with Crippen LogP contribution in [0, 0.1) is 26.7 Å². The van der Waals surface area contributed by atoms with Crippen LogP contribution in [0.25, 0.3) is 0 Å². The third-order valence-corrected chi connectivity index (χ3v) is 6.24. The molecule has 0 radical (unpaired) electrons. The SMILES string of the molecule is C=C(CC)N(CCCCC(C)CCCC)c1cc(C)n(Cc2cc(C)ccc2C)n1. The predicted octanol–water partition coefficient (Wildman–Crippen LogP) is 7.58. The zero-order chi connectivity index (χ0) is 22.1. The van der Waals surface area contributed by atoms with E-state index >= 15 is 0 Å². The van der Waals surface area contributed by atoms with Crippen LogP contribution in [0.5, 0.6) is 0 Å². The highest BCUT2D eigenvalue weighted by molar-refractivity contribution is 5.46. The maximum atomic E-state index is 4.98. The van der Waals surface area contributed by atoms with Crippen molar-refractivity contribution in [3.63, 3.8) is 0 Å². The van der Waals surface area contributed by atoms with Crippen LogP contribution in [0.2, 0.25) is 0 Å². The summed E-state index contributed by atoms with van der Waals surface area (Å²) in [6, 6.07) is 8.88. The number of aromatic nitrogens is 2. The van der Waals surface area contributed by atoms with Gasteiger partial charge in [-0.2, -0.15) is 5.10 Å². The summed E-state index contributed by atoms with van der Waals surface area (Å²) in [5.41, 5.74) is 6.33. The molecule has 3 nitrogen and oxygen atoms in total. The van der Waals surface area contributed by atoms with Crippen molar-refractivity contribution < 1.29 is 0 Å². The molecule has 0 saturated carbocycles. The Balaban J connectivity index is 2.04. The Bertz CT molecular complexity index is 802. The van der Waals surface area contributed by atoms with Gasteiger partial charge in [-0.05, 0) is 50.7 Å². The molecule has 0 aliphatic rings. The van der Waals surface area contributed by atoms with Gasteiger partial charge in [0.15, 0.2) is 5.82 Å². The van der Waals surface area contributed by atoms with Crippen molar-refractivity contribution in [3.8, 4) is 0 Å². The Morgan fingerprint density at radius 3 is 2.50 bits per heavy atom. The molecule has 1 heterocycles. The van der Waals surface area contributed by atoms with Crippen molar-refractivity contribution in [2.75, 3.05) is 11.4 Å². The first-order valence-electron chi connectivity index (χ1n) is 11.9. The van der Waals surface area contributed by atoms with Gasteiger partial charge >= 0.3 is 0 Å². The minimum absolute atomic E-state index is 0.820. The lowest BCUT2D eigenvalue weighted by molar-refractivity contribution is 0.450. The fourth-order valence-electron chi connectivity index (χ4n) is 4.00. The highest BCUT2D eigenvalue weighted by Crippen LogP contribution is 2.23. The van der Waals surface area contributed by atoms with Crippen LogP contribution in [-0.2, 0) is 6.54 Å². The average Bonchev–Trinajstić information content (AvgIpc) is 3.08. The molecule has 2 rings (SSSR count). The third kappa shape index (κ3) is 7.04. The second-order valence-corrected chi connectivity index (χ2v) is 9.05. The van der Waals surface area contributed by atoms with Crippen LogP contribution in [-0.4, -0.2) is 16.3 Å². The summed E-state index contributed by atoms with van der Waals surface area (Å²) < 4.78 is 2.14. The monoisotopic (exact) mass is 409 g/mol. The van der Waals surface area contributed by atoms with E-state index in [-0.39, 0.29) is 0 Å². The van der Waals surface area contributed by atoms with E-state index in [1.54, 1.807) is 0 Å². The molecule has 1 aromatic heterocycles. The van der Waals surface area contributed by atoms with Gasteiger partial charge in [-0.3, -0.25) is 4.68 Å². The summed E-state index contributed by atoms with van der Waals surface area (Å²) in [6.07, 6.45) is 8.78. The zero-order valence-electron chi connectivity index (χ0n) is 20.3. The quantitative estimate of drug-likeness (QED) is 0.318. The van der Waals surface area contributed by atoms with E-state index in [0.717, 1.165) is 36.9 Å². The van der Waals surface area contributed by atoms with Gasteiger partial charge in [-0.15, -0.1) is 0 Å². The molecule has 2 aromatic rings. The molecule has 0 saturated heterocycles. The molecule has 3 heteroatoms. The van der Waals surface area contributed by atoms with Gasteiger partial charge in [0, 0.05) is 24.0 Å². The Labute approximate surface area is 185 Å². The Morgan fingerprint density at radius 2 is 1.80 bits per heavy atom. The second kappa shape index (κ2) is 12.0. The van der Waals surface area contributed by atoms with Gasteiger partial charge in [0.05, 0.1) is 6.54 Å². The van der Waals surface area contributed by atoms with Gasteiger partial charge in [-0.25, -0.2) is 0 Å². The molecule has 166 valence electrons. The fourth-order valence-corrected chi connectivity index (χ4v) is 4.00. The molecule has 0 aliphatic carbocycles. The Hall–Kier alpha value is -2.03. The normalized spacial score (nSPS) is 12.2. The number of unbranched alkanes of at least 4 members (excludes halogenated alkanes) is 2. The van der Waals surface area contributed by atoms with Crippen LogP contribution in [0.4, 0.5) is 5.82 Å². The van der Waals surface area contributed by atoms with Gasteiger partial charge in [0.1, 0.15) is 0 Å². The van der Waals surface area contributed by atoms with Crippen molar-refractivity contribution in [1.29, 1.82) is 0 Å². The first-order chi connectivity index (χ1) is 14.3. The third-order valence-electron chi connectivity index (χ3n) is 6.24. The van der Waals surface area contributed by atoms with Crippen LogP contribution in [0.1, 0.15) is 88.1 Å². The molecule has 1 atom stereocenters. The van der Waals surface area contributed by atoms with Crippen molar-refractivity contribution in [1.82, 2.24) is 9.78 Å². The predicted molar refractivity (Wildman–Crippen MR) is 131 cm³/mol. The topological polar surface area (TPSA) is 21.1 Å². The van der Waals surface area contributed by atoms with Crippen molar-refractivity contribution in [3.05, 3.63) is 58.9 Å². The molecule has 0 aliphatic heterocycles. The number of rotatable bonds is 13. The van der Waals surface area contributed by atoms with Crippen LogP contribution in [0.3, 0.4) is 0 Å². The van der Waals surface area contributed by atoms with E-state index in [2.05, 4.69) is 82.0 Å². The number of anilines is 1. The molecule has 30 heavy (non-hydrogen) atoms. The molecule has 0 amide bonds. The molecular formula is C27H43N3. The lowest BCUT2D eigenvalue weighted by Gasteiger charge is -2.24. The lowest BCUT2D eigenvalue weighted by atomic mass is 9.98. The molecule has 0 spiro atoms. The minimum atomic E-state index is 0.820. The van der Waals surface area contributed by atoms with Crippen molar-refractivity contribution >= 4 is 5.82 Å². The molecule has 1 unspecified atom stereocenters. The fraction of sp³-hybridized carbons (Fsp3) is 0.593. The van der Waals surface area contributed by atoms with E-state index in [9.17, 15) is 0 Å². The van der Waals surface area contributed by atoms with E-state index in [1.165, 1.54) is 60.9 Å². The van der Waals surface area contributed by atoms with Gasteiger partial charge < -0.3 is 4.90 Å². The molecule has 0 bridgehead atoms. The van der Waals surface area contributed by atoms with Crippen LogP contribution in [0.15, 0.2) is 36.5 Å². The first kappa shape index (κ1) is 24.2. The van der Waals surface area contributed by atoms with Crippen molar-refractivity contribution in [2.24, 2.45) is 5.92 Å². The zero-order valence-corrected chi connectivity index (χ0v) is 20.3. The summed E-state index contributed by atoms with van der Waals surface area (Å²) in [4.78, 5) is 2.34. The average molecular weight is 410 g/mol. The number of allylic oxidation sites excluding steroid dienone is 1. The van der Waals surface area contributed by atoms with Crippen LogP contribution >= 0.6 is 0 Å². The highest BCUT2D eigenvalue weighted by Gasteiger charge is 2.15. The van der Waals surface area contributed by atoms with Gasteiger partial charge in [-0.1, -0.05) is 83.2 Å². The number of hydrogen-bond acceptors (Lipinski definition) is 2. The number of benzene rings is 1. The molecule has 0 fully saturated rings. The lowest BCUT2D eigenvalue weighted by Crippen LogP contribution is -2.23. The largest absolute Gasteiger partial charge is 0.329 e. The van der Waals surface area contributed by atoms with Gasteiger partial charge in [0.25, 0.3) is 0 Å². The second-order valence-electron chi connectivity index (χ2n) is 9.05. The van der Waals surface area contributed by atoms with Crippen LogP contribution < -0.4 is 4.90 Å². The van der Waals surface area contributed by atoms with E-state index < -0.39 is 0 Å². The first-order valence-corrected chi connectivity index (χ1v) is 11.9. The maximum Gasteiger partial charge on any atom is 0.155 e. The maximum absolute atomic E-state index is 4.98. The number of aryl methyl sites for hydroxylation is 3. The summed E-state index contributed by atoms with van der Waals surface area (Å²) in [7, 11) is 0. The smallest absolute Gasteiger partial charge is 0.155 e. The number of nitrogens with zero attached hydrogens (tertiary/aromatic N) is 3. The summed E-state index contributed by atoms with van der Waals surface area (Å²) in [6.45, 7) is 19.5. The van der Waals surface area contributed by atoms with Gasteiger partial charge in [0.2, 0.25) is 0 Å².